The van der Waals surface area contributed by atoms with Crippen LogP contribution in [0.2, 0.25) is 0 Å². The van der Waals surface area contributed by atoms with Gasteiger partial charge in [0.05, 0.1) is 6.61 Å². The van der Waals surface area contributed by atoms with E-state index in [1.54, 1.807) is 12.1 Å². The van der Waals surface area contributed by atoms with Crippen molar-refractivity contribution < 1.29 is 13.9 Å². The number of nitrogens with one attached hydrogen (secondary N) is 1. The molecule has 2 aromatic carbocycles. The highest BCUT2D eigenvalue weighted by atomic mass is 32.1. The molecule has 0 amide bonds. The third-order valence-electron chi connectivity index (χ3n) is 4.04. The molecule has 0 saturated carbocycles. The number of morpholine rings is 1. The first-order valence-corrected chi connectivity index (χ1v) is 8.64. The van der Waals surface area contributed by atoms with E-state index < -0.39 is 0 Å². The smallest absolute Gasteiger partial charge is 0.173 e. The molecule has 1 unspecified atom stereocenters. The average Bonchev–Trinajstić information content (AvgIpc) is 2.63. The van der Waals surface area contributed by atoms with Crippen molar-refractivity contribution in [2.75, 3.05) is 31.6 Å². The lowest BCUT2D eigenvalue weighted by Gasteiger charge is -2.34. The van der Waals surface area contributed by atoms with E-state index in [2.05, 4.69) is 5.32 Å². The molecule has 0 spiro atoms. The summed E-state index contributed by atoms with van der Waals surface area (Å²) in [7, 11) is 0. The van der Waals surface area contributed by atoms with Gasteiger partial charge in [-0.15, -0.1) is 0 Å². The molecule has 25 heavy (non-hydrogen) atoms. The fourth-order valence-electron chi connectivity index (χ4n) is 2.64. The van der Waals surface area contributed by atoms with Crippen LogP contribution in [0.15, 0.2) is 48.5 Å². The van der Waals surface area contributed by atoms with Gasteiger partial charge in [0.1, 0.15) is 24.3 Å². The highest BCUT2D eigenvalue weighted by Crippen LogP contribution is 2.18. The SMILES string of the molecule is Cc1ccccc1OCC1CN(C(=S)Nc2ccc(F)cc2)CCO1. The molecular formula is C19H21FN2O2S. The Hall–Kier alpha value is -2.18. The van der Waals surface area contributed by atoms with E-state index in [9.17, 15) is 4.39 Å². The second kappa shape index (κ2) is 8.27. The van der Waals surface area contributed by atoms with Crippen molar-refractivity contribution >= 4 is 23.0 Å². The van der Waals surface area contributed by atoms with Crippen LogP contribution in [0.1, 0.15) is 5.56 Å². The molecule has 1 N–H and O–H groups in total. The molecule has 2 aromatic rings. The number of anilines is 1. The fourth-order valence-corrected chi connectivity index (χ4v) is 2.93. The molecule has 132 valence electrons. The van der Waals surface area contributed by atoms with Crippen LogP contribution in [0.5, 0.6) is 5.75 Å². The highest BCUT2D eigenvalue weighted by molar-refractivity contribution is 7.80. The Morgan fingerprint density at radius 1 is 1.28 bits per heavy atom. The Bertz CT molecular complexity index is 724. The van der Waals surface area contributed by atoms with E-state index >= 15 is 0 Å². The summed E-state index contributed by atoms with van der Waals surface area (Å²) in [5, 5.41) is 3.74. The standard InChI is InChI=1S/C19H21FN2O2S/c1-14-4-2-3-5-18(14)24-13-17-12-22(10-11-23-17)19(25)21-16-8-6-15(20)7-9-16/h2-9,17H,10-13H2,1H3,(H,21,25). The van der Waals surface area contributed by atoms with Crippen molar-refractivity contribution in [2.24, 2.45) is 0 Å². The van der Waals surface area contributed by atoms with Crippen LogP contribution in [0.4, 0.5) is 10.1 Å². The zero-order valence-electron chi connectivity index (χ0n) is 14.1. The van der Waals surface area contributed by atoms with Gasteiger partial charge in [0.25, 0.3) is 0 Å². The maximum absolute atomic E-state index is 13.0. The Kier molecular flexibility index (Phi) is 5.83. The van der Waals surface area contributed by atoms with Gasteiger partial charge in [-0.2, -0.15) is 0 Å². The normalized spacial score (nSPS) is 17.2. The lowest BCUT2D eigenvalue weighted by Crippen LogP contribution is -2.49. The van der Waals surface area contributed by atoms with E-state index in [-0.39, 0.29) is 11.9 Å². The van der Waals surface area contributed by atoms with Crippen LogP contribution in [-0.2, 0) is 4.74 Å². The molecule has 0 bridgehead atoms. The zero-order valence-corrected chi connectivity index (χ0v) is 14.9. The van der Waals surface area contributed by atoms with Crippen molar-refractivity contribution in [2.45, 2.75) is 13.0 Å². The highest BCUT2D eigenvalue weighted by Gasteiger charge is 2.23. The van der Waals surface area contributed by atoms with E-state index in [0.29, 0.717) is 31.4 Å². The maximum atomic E-state index is 13.0. The summed E-state index contributed by atoms with van der Waals surface area (Å²) in [4.78, 5) is 2.05. The number of ether oxygens (including phenoxy) is 2. The van der Waals surface area contributed by atoms with Gasteiger partial charge >= 0.3 is 0 Å². The van der Waals surface area contributed by atoms with Crippen molar-refractivity contribution in [1.82, 2.24) is 4.90 Å². The largest absolute Gasteiger partial charge is 0.491 e. The number of thiocarbonyl (C=S) groups is 1. The Labute approximate surface area is 152 Å². The Morgan fingerprint density at radius 2 is 2.04 bits per heavy atom. The predicted molar refractivity (Wildman–Crippen MR) is 101 cm³/mol. The summed E-state index contributed by atoms with van der Waals surface area (Å²) in [5.74, 6) is 0.603. The third kappa shape index (κ3) is 4.90. The molecule has 1 heterocycles. The molecule has 1 saturated heterocycles. The summed E-state index contributed by atoms with van der Waals surface area (Å²) in [6, 6.07) is 14.1. The molecule has 1 aliphatic rings. The molecule has 6 heteroatoms. The molecule has 1 fully saturated rings. The Balaban J connectivity index is 1.52. The molecule has 4 nitrogen and oxygen atoms in total. The fraction of sp³-hybridized carbons (Fsp3) is 0.316. The zero-order chi connectivity index (χ0) is 17.6. The lowest BCUT2D eigenvalue weighted by atomic mass is 10.2. The first-order valence-electron chi connectivity index (χ1n) is 8.23. The topological polar surface area (TPSA) is 33.7 Å². The first kappa shape index (κ1) is 17.6. The number of hydrogen-bond donors (Lipinski definition) is 1. The van der Waals surface area contributed by atoms with Crippen LogP contribution in [0.25, 0.3) is 0 Å². The van der Waals surface area contributed by atoms with Crippen LogP contribution in [-0.4, -0.2) is 42.4 Å². The lowest BCUT2D eigenvalue weighted by molar-refractivity contribution is -0.0281. The van der Waals surface area contributed by atoms with Crippen molar-refractivity contribution in [3.05, 3.63) is 59.9 Å². The first-order chi connectivity index (χ1) is 12.1. The summed E-state index contributed by atoms with van der Waals surface area (Å²) in [6.07, 6.45) is -0.0543. The van der Waals surface area contributed by atoms with E-state index in [0.717, 1.165) is 17.0 Å². The minimum Gasteiger partial charge on any atom is -0.491 e. The number of aryl methyl sites for hydroxylation is 1. The average molecular weight is 360 g/mol. The minimum absolute atomic E-state index is 0.0543. The molecule has 1 aliphatic heterocycles. The Morgan fingerprint density at radius 3 is 2.80 bits per heavy atom. The van der Waals surface area contributed by atoms with Gasteiger partial charge in [0.2, 0.25) is 0 Å². The number of benzene rings is 2. The quantitative estimate of drug-likeness (QED) is 0.843. The van der Waals surface area contributed by atoms with E-state index in [4.69, 9.17) is 21.7 Å². The van der Waals surface area contributed by atoms with E-state index in [1.807, 2.05) is 36.1 Å². The second-order valence-corrected chi connectivity index (χ2v) is 6.34. The number of nitrogens with zero attached hydrogens (tertiary/aromatic N) is 1. The predicted octanol–water partition coefficient (Wildman–Crippen LogP) is 3.61. The van der Waals surface area contributed by atoms with Crippen molar-refractivity contribution in [1.29, 1.82) is 0 Å². The molecule has 1 atom stereocenters. The van der Waals surface area contributed by atoms with Crippen molar-refractivity contribution in [3.8, 4) is 5.75 Å². The molecule has 0 aromatic heterocycles. The second-order valence-electron chi connectivity index (χ2n) is 5.95. The van der Waals surface area contributed by atoms with Gasteiger partial charge in [-0.3, -0.25) is 0 Å². The molecule has 3 rings (SSSR count). The molecular weight excluding hydrogens is 339 g/mol. The number of hydrogen-bond acceptors (Lipinski definition) is 3. The van der Waals surface area contributed by atoms with Gasteiger partial charge < -0.3 is 19.7 Å². The van der Waals surface area contributed by atoms with E-state index in [1.165, 1.54) is 12.1 Å². The molecule has 0 aliphatic carbocycles. The third-order valence-corrected chi connectivity index (χ3v) is 4.40. The minimum atomic E-state index is -0.267. The molecule has 0 radical (unpaired) electrons. The van der Waals surface area contributed by atoms with Crippen LogP contribution < -0.4 is 10.1 Å². The van der Waals surface area contributed by atoms with Gasteiger partial charge in [0, 0.05) is 18.8 Å². The van der Waals surface area contributed by atoms with Gasteiger partial charge in [-0.1, -0.05) is 18.2 Å². The monoisotopic (exact) mass is 360 g/mol. The van der Waals surface area contributed by atoms with Gasteiger partial charge in [0.15, 0.2) is 5.11 Å². The maximum Gasteiger partial charge on any atom is 0.173 e. The van der Waals surface area contributed by atoms with Gasteiger partial charge in [-0.25, -0.2) is 4.39 Å². The van der Waals surface area contributed by atoms with Crippen molar-refractivity contribution in [3.63, 3.8) is 0 Å². The summed E-state index contributed by atoms with van der Waals surface area (Å²) in [5.41, 5.74) is 1.87. The summed E-state index contributed by atoms with van der Waals surface area (Å²) < 4.78 is 24.6. The van der Waals surface area contributed by atoms with Crippen LogP contribution in [0.3, 0.4) is 0 Å². The van der Waals surface area contributed by atoms with Crippen LogP contribution in [0, 0.1) is 12.7 Å². The number of rotatable bonds is 4. The summed E-state index contributed by atoms with van der Waals surface area (Å²) >= 11 is 5.46. The number of halogens is 1. The van der Waals surface area contributed by atoms with Crippen LogP contribution >= 0.6 is 12.2 Å². The number of para-hydroxylation sites is 1. The van der Waals surface area contributed by atoms with Gasteiger partial charge in [-0.05, 0) is 55.0 Å². The summed E-state index contributed by atoms with van der Waals surface area (Å²) in [6.45, 7) is 4.45.